The Bertz CT molecular complexity index is 267. The maximum absolute atomic E-state index is 8.86. The molecule has 0 amide bonds. The minimum absolute atomic E-state index is 0.0591. The zero-order valence-electron chi connectivity index (χ0n) is 9.57. The Morgan fingerprint density at radius 1 is 1.20 bits per heavy atom. The average molecular weight is 208 g/mol. The van der Waals surface area contributed by atoms with Crippen molar-refractivity contribution in [1.29, 1.82) is 0 Å². The van der Waals surface area contributed by atoms with Crippen LogP contribution >= 0.6 is 0 Å². The van der Waals surface area contributed by atoms with Gasteiger partial charge in [0, 0.05) is 6.61 Å². The number of ether oxygens (including phenoxy) is 1. The molecule has 1 N–H and O–H groups in total. The van der Waals surface area contributed by atoms with E-state index in [4.69, 9.17) is 9.84 Å². The predicted octanol–water partition coefficient (Wildman–Crippen LogP) is 2.61. The SMILES string of the molecule is CC(C)(CCO)COCc1ccccc1. The molecule has 0 saturated heterocycles. The predicted molar refractivity (Wildman–Crippen MR) is 61.6 cm³/mol. The van der Waals surface area contributed by atoms with Crippen LogP contribution in [0.25, 0.3) is 0 Å². The number of hydrogen-bond acceptors (Lipinski definition) is 2. The summed E-state index contributed by atoms with van der Waals surface area (Å²) >= 11 is 0. The van der Waals surface area contributed by atoms with Crippen molar-refractivity contribution in [3.8, 4) is 0 Å². The van der Waals surface area contributed by atoms with E-state index in [2.05, 4.69) is 26.0 Å². The van der Waals surface area contributed by atoms with Crippen LogP contribution in [0.2, 0.25) is 0 Å². The van der Waals surface area contributed by atoms with Gasteiger partial charge in [-0.3, -0.25) is 0 Å². The van der Waals surface area contributed by atoms with E-state index in [0.29, 0.717) is 13.2 Å². The quantitative estimate of drug-likeness (QED) is 0.778. The van der Waals surface area contributed by atoms with E-state index in [9.17, 15) is 0 Å². The molecule has 0 unspecified atom stereocenters. The second-order valence-electron chi connectivity index (χ2n) is 4.62. The Morgan fingerprint density at radius 2 is 1.87 bits per heavy atom. The molecule has 0 bridgehead atoms. The van der Waals surface area contributed by atoms with Crippen LogP contribution in [0, 0.1) is 5.41 Å². The summed E-state index contributed by atoms with van der Waals surface area (Å²) in [4.78, 5) is 0. The first-order valence-electron chi connectivity index (χ1n) is 5.36. The highest BCUT2D eigenvalue weighted by molar-refractivity contribution is 5.13. The molecule has 0 aliphatic carbocycles. The molecular weight excluding hydrogens is 188 g/mol. The Balaban J connectivity index is 2.27. The van der Waals surface area contributed by atoms with Gasteiger partial charge in [-0.15, -0.1) is 0 Å². The molecule has 0 atom stereocenters. The second-order valence-corrected chi connectivity index (χ2v) is 4.62. The smallest absolute Gasteiger partial charge is 0.0717 e. The van der Waals surface area contributed by atoms with Crippen molar-refractivity contribution in [2.24, 2.45) is 5.41 Å². The number of hydrogen-bond donors (Lipinski definition) is 1. The lowest BCUT2D eigenvalue weighted by Crippen LogP contribution is -2.20. The highest BCUT2D eigenvalue weighted by Gasteiger charge is 2.16. The van der Waals surface area contributed by atoms with Gasteiger partial charge in [-0.25, -0.2) is 0 Å². The lowest BCUT2D eigenvalue weighted by atomic mass is 9.91. The summed E-state index contributed by atoms with van der Waals surface area (Å²) in [6.07, 6.45) is 0.780. The van der Waals surface area contributed by atoms with E-state index in [1.165, 1.54) is 5.56 Å². The highest BCUT2D eigenvalue weighted by atomic mass is 16.5. The molecule has 0 fully saturated rings. The van der Waals surface area contributed by atoms with E-state index in [1.54, 1.807) is 0 Å². The van der Waals surface area contributed by atoms with Crippen LogP contribution in [0.15, 0.2) is 30.3 Å². The van der Waals surface area contributed by atoms with Crippen LogP contribution in [-0.2, 0) is 11.3 Å². The zero-order valence-corrected chi connectivity index (χ0v) is 9.57. The summed E-state index contributed by atoms with van der Waals surface area (Å²) in [6, 6.07) is 10.1. The van der Waals surface area contributed by atoms with Crippen molar-refractivity contribution in [2.45, 2.75) is 26.9 Å². The molecule has 1 aromatic rings. The minimum Gasteiger partial charge on any atom is -0.396 e. The van der Waals surface area contributed by atoms with Crippen molar-refractivity contribution < 1.29 is 9.84 Å². The third-order valence-corrected chi connectivity index (χ3v) is 2.39. The van der Waals surface area contributed by atoms with Gasteiger partial charge in [-0.05, 0) is 17.4 Å². The van der Waals surface area contributed by atoms with Crippen LogP contribution in [0.3, 0.4) is 0 Å². The summed E-state index contributed by atoms with van der Waals surface area (Å²) < 4.78 is 5.63. The first-order valence-corrected chi connectivity index (χ1v) is 5.36. The maximum Gasteiger partial charge on any atom is 0.0717 e. The summed E-state index contributed by atoms with van der Waals surface area (Å²) in [5.41, 5.74) is 1.25. The van der Waals surface area contributed by atoms with Crippen molar-refractivity contribution in [3.05, 3.63) is 35.9 Å². The minimum atomic E-state index is 0.0591. The van der Waals surface area contributed by atoms with Crippen molar-refractivity contribution in [1.82, 2.24) is 0 Å². The Hall–Kier alpha value is -0.860. The lowest BCUT2D eigenvalue weighted by Gasteiger charge is -2.23. The molecule has 1 rings (SSSR count). The zero-order chi connectivity index (χ0) is 11.1. The summed E-state index contributed by atoms with van der Waals surface area (Å²) in [5.74, 6) is 0. The van der Waals surface area contributed by atoms with Gasteiger partial charge in [0.25, 0.3) is 0 Å². The molecule has 84 valence electrons. The van der Waals surface area contributed by atoms with E-state index in [0.717, 1.165) is 6.42 Å². The Labute approximate surface area is 91.9 Å². The van der Waals surface area contributed by atoms with Crippen molar-refractivity contribution in [3.63, 3.8) is 0 Å². The van der Waals surface area contributed by atoms with Gasteiger partial charge in [0.1, 0.15) is 0 Å². The second kappa shape index (κ2) is 5.89. The first-order chi connectivity index (χ1) is 7.14. The molecule has 0 radical (unpaired) electrons. The van der Waals surface area contributed by atoms with Gasteiger partial charge >= 0.3 is 0 Å². The molecule has 0 aliphatic rings. The summed E-state index contributed by atoms with van der Waals surface area (Å²) in [6.45, 7) is 5.77. The monoisotopic (exact) mass is 208 g/mol. The van der Waals surface area contributed by atoms with Gasteiger partial charge in [0.05, 0.1) is 13.2 Å². The first kappa shape index (κ1) is 12.2. The van der Waals surface area contributed by atoms with Gasteiger partial charge in [-0.1, -0.05) is 44.2 Å². The number of rotatable bonds is 6. The largest absolute Gasteiger partial charge is 0.396 e. The molecular formula is C13H20O2. The molecule has 1 aromatic carbocycles. The van der Waals surface area contributed by atoms with Crippen molar-refractivity contribution in [2.75, 3.05) is 13.2 Å². The van der Waals surface area contributed by atoms with Crippen LogP contribution < -0.4 is 0 Å². The van der Waals surface area contributed by atoms with Gasteiger partial charge < -0.3 is 9.84 Å². The van der Waals surface area contributed by atoms with Crippen LogP contribution in [0.1, 0.15) is 25.8 Å². The molecule has 0 aromatic heterocycles. The fourth-order valence-corrected chi connectivity index (χ4v) is 1.39. The number of benzene rings is 1. The Morgan fingerprint density at radius 3 is 2.47 bits per heavy atom. The lowest BCUT2D eigenvalue weighted by molar-refractivity contribution is 0.0383. The normalized spacial score (nSPS) is 11.7. The van der Waals surface area contributed by atoms with E-state index in [-0.39, 0.29) is 12.0 Å². The molecule has 0 aliphatic heterocycles. The molecule has 15 heavy (non-hydrogen) atoms. The Kier molecular flexibility index (Phi) is 4.79. The van der Waals surface area contributed by atoms with Crippen molar-refractivity contribution >= 4 is 0 Å². The van der Waals surface area contributed by atoms with Gasteiger partial charge in [0.2, 0.25) is 0 Å². The molecule has 0 heterocycles. The molecule has 0 saturated carbocycles. The molecule has 2 nitrogen and oxygen atoms in total. The van der Waals surface area contributed by atoms with Crippen LogP contribution in [-0.4, -0.2) is 18.3 Å². The fourth-order valence-electron chi connectivity index (χ4n) is 1.39. The van der Waals surface area contributed by atoms with Gasteiger partial charge in [0.15, 0.2) is 0 Å². The van der Waals surface area contributed by atoms with Crippen LogP contribution in [0.5, 0.6) is 0 Å². The van der Waals surface area contributed by atoms with Gasteiger partial charge in [-0.2, -0.15) is 0 Å². The number of aliphatic hydroxyl groups excluding tert-OH is 1. The highest BCUT2D eigenvalue weighted by Crippen LogP contribution is 2.20. The van der Waals surface area contributed by atoms with E-state index < -0.39 is 0 Å². The molecule has 0 spiro atoms. The average Bonchev–Trinajstić information content (AvgIpc) is 2.19. The molecule has 2 heteroatoms. The third kappa shape index (κ3) is 4.96. The third-order valence-electron chi connectivity index (χ3n) is 2.39. The fraction of sp³-hybridized carbons (Fsp3) is 0.538. The van der Waals surface area contributed by atoms with E-state index in [1.807, 2.05) is 18.2 Å². The summed E-state index contributed by atoms with van der Waals surface area (Å²) in [7, 11) is 0. The topological polar surface area (TPSA) is 29.5 Å². The maximum atomic E-state index is 8.86. The standard InChI is InChI=1S/C13H20O2/c1-13(2,8-9-14)11-15-10-12-6-4-3-5-7-12/h3-7,14H,8-11H2,1-2H3. The van der Waals surface area contributed by atoms with Crippen LogP contribution in [0.4, 0.5) is 0 Å². The number of aliphatic hydroxyl groups is 1. The van der Waals surface area contributed by atoms with E-state index >= 15 is 0 Å². The summed E-state index contributed by atoms with van der Waals surface area (Å²) in [5, 5.41) is 8.86.